The molecule has 0 bridgehead atoms. The highest BCUT2D eigenvalue weighted by molar-refractivity contribution is 6.34. The Balaban J connectivity index is 2.94. The topological polar surface area (TPSA) is 78.7 Å². The van der Waals surface area contributed by atoms with E-state index in [9.17, 15) is 5.21 Å². The van der Waals surface area contributed by atoms with E-state index in [2.05, 4.69) is 10.1 Å². The van der Waals surface area contributed by atoms with Crippen LogP contribution in [0.4, 0.5) is 5.95 Å². The quantitative estimate of drug-likeness (QED) is 0.492. The van der Waals surface area contributed by atoms with E-state index in [-0.39, 0.29) is 5.95 Å². The summed E-state index contributed by atoms with van der Waals surface area (Å²) in [6.07, 6.45) is 0. The molecule has 0 aliphatic carbocycles. The number of hydrogen-bond donors (Lipinski definition) is 1. The molecule has 0 fully saturated rings. The van der Waals surface area contributed by atoms with Gasteiger partial charge in [-0.05, 0) is 10.9 Å². The maximum atomic E-state index is 11.2. The number of anilines is 1. The van der Waals surface area contributed by atoms with Crippen LogP contribution in [0.2, 0.25) is 5.02 Å². The number of benzene rings is 1. The zero-order chi connectivity index (χ0) is 9.42. The lowest BCUT2D eigenvalue weighted by Crippen LogP contribution is -2.33. The van der Waals surface area contributed by atoms with Gasteiger partial charge in [0.2, 0.25) is 0 Å². The molecule has 0 saturated heterocycles. The molecule has 0 radical (unpaired) electrons. The number of nitrogens with two attached hydrogens (primary N) is 1. The number of fused-ring (bicyclic) bond motifs is 1. The maximum Gasteiger partial charge on any atom is 0.288 e. The molecular weight excluding hydrogens is 192 g/mol. The summed E-state index contributed by atoms with van der Waals surface area (Å²) in [6.45, 7) is 0. The Morgan fingerprint density at radius 1 is 1.46 bits per heavy atom. The summed E-state index contributed by atoms with van der Waals surface area (Å²) in [5, 5.41) is 15.0. The van der Waals surface area contributed by atoms with Gasteiger partial charge in [-0.1, -0.05) is 17.7 Å². The van der Waals surface area contributed by atoms with Crippen LogP contribution in [0.5, 0.6) is 0 Å². The van der Waals surface area contributed by atoms with Gasteiger partial charge in [0.1, 0.15) is 0 Å². The fourth-order valence-corrected chi connectivity index (χ4v) is 1.26. The third-order valence-corrected chi connectivity index (χ3v) is 1.90. The number of nitrogens with zero attached hydrogens (tertiary/aromatic N) is 3. The predicted molar refractivity (Wildman–Crippen MR) is 47.9 cm³/mol. The molecular formula is C7H5ClN4O. The van der Waals surface area contributed by atoms with Crippen molar-refractivity contribution >= 4 is 28.6 Å². The van der Waals surface area contributed by atoms with Crippen molar-refractivity contribution in [3.63, 3.8) is 0 Å². The Morgan fingerprint density at radius 2 is 2.23 bits per heavy atom. The molecule has 5 nitrogen and oxygen atoms in total. The third-order valence-electron chi connectivity index (χ3n) is 1.59. The minimum absolute atomic E-state index is 0.0874. The normalized spacial score (nSPS) is 10.5. The van der Waals surface area contributed by atoms with Crippen molar-refractivity contribution in [1.82, 2.24) is 10.1 Å². The molecule has 0 aliphatic heterocycles. The molecule has 0 amide bonds. The van der Waals surface area contributed by atoms with E-state index in [0.717, 1.165) is 0 Å². The summed E-state index contributed by atoms with van der Waals surface area (Å²) in [5.41, 5.74) is 5.97. The van der Waals surface area contributed by atoms with Gasteiger partial charge in [0, 0.05) is 6.07 Å². The van der Waals surface area contributed by atoms with E-state index in [4.69, 9.17) is 17.3 Å². The van der Waals surface area contributed by atoms with Crippen LogP contribution in [-0.2, 0) is 0 Å². The lowest BCUT2D eigenvalue weighted by atomic mass is 10.3. The Labute approximate surface area is 78.3 Å². The van der Waals surface area contributed by atoms with Gasteiger partial charge < -0.3 is 10.9 Å². The molecule has 0 unspecified atom stereocenters. The summed E-state index contributed by atoms with van der Waals surface area (Å²) in [6, 6.07) is 4.86. The Hall–Kier alpha value is -1.62. The van der Waals surface area contributed by atoms with Crippen LogP contribution in [0.15, 0.2) is 18.2 Å². The fourth-order valence-electron chi connectivity index (χ4n) is 1.05. The van der Waals surface area contributed by atoms with Crippen LogP contribution < -0.4 is 10.6 Å². The van der Waals surface area contributed by atoms with E-state index in [1.807, 2.05) is 0 Å². The van der Waals surface area contributed by atoms with Gasteiger partial charge in [0.25, 0.3) is 11.5 Å². The molecule has 2 rings (SSSR count). The van der Waals surface area contributed by atoms with Gasteiger partial charge in [-0.25, -0.2) is 4.98 Å². The number of aromatic nitrogens is 3. The molecule has 0 spiro atoms. The molecule has 13 heavy (non-hydrogen) atoms. The minimum Gasteiger partial charge on any atom is -0.594 e. The van der Waals surface area contributed by atoms with Gasteiger partial charge in [0.15, 0.2) is 5.52 Å². The first-order chi connectivity index (χ1) is 6.18. The summed E-state index contributed by atoms with van der Waals surface area (Å²) < 4.78 is 0. The highest BCUT2D eigenvalue weighted by atomic mass is 35.5. The van der Waals surface area contributed by atoms with Gasteiger partial charge in [-0.2, -0.15) is 0 Å². The molecule has 1 aromatic carbocycles. The van der Waals surface area contributed by atoms with Gasteiger partial charge in [-0.3, -0.25) is 0 Å². The van der Waals surface area contributed by atoms with Crippen LogP contribution >= 0.6 is 11.6 Å². The second kappa shape index (κ2) is 2.70. The van der Waals surface area contributed by atoms with Gasteiger partial charge in [-0.15, -0.1) is 0 Å². The first kappa shape index (κ1) is 8.00. The standard InChI is InChI=1S/C7H5ClN4O/c8-4-2-1-3-5-6(4)10-7(9)11-12(5)13/h1-3H,(H2,9,10,11). The number of hydrogen-bond acceptors (Lipinski definition) is 4. The van der Waals surface area contributed by atoms with E-state index < -0.39 is 0 Å². The molecule has 2 N–H and O–H groups in total. The van der Waals surface area contributed by atoms with Crippen molar-refractivity contribution < 1.29 is 4.85 Å². The monoisotopic (exact) mass is 196 g/mol. The average molecular weight is 197 g/mol. The van der Waals surface area contributed by atoms with Crippen molar-refractivity contribution in [2.75, 3.05) is 5.73 Å². The number of nitrogen functional groups attached to an aromatic ring is 1. The van der Waals surface area contributed by atoms with Gasteiger partial charge in [0.05, 0.1) is 10.1 Å². The second-order valence-corrected chi connectivity index (χ2v) is 2.86. The highest BCUT2D eigenvalue weighted by Gasteiger charge is 2.10. The van der Waals surface area contributed by atoms with Crippen LogP contribution in [0, 0.1) is 5.21 Å². The number of rotatable bonds is 0. The Kier molecular flexibility index (Phi) is 1.66. The summed E-state index contributed by atoms with van der Waals surface area (Å²) in [5.74, 6) is -0.0874. The largest absolute Gasteiger partial charge is 0.594 e. The molecule has 66 valence electrons. The van der Waals surface area contributed by atoms with Crippen molar-refractivity contribution in [2.45, 2.75) is 0 Å². The van der Waals surface area contributed by atoms with Crippen LogP contribution in [0.3, 0.4) is 0 Å². The molecule has 0 saturated carbocycles. The lowest BCUT2D eigenvalue weighted by molar-refractivity contribution is -0.641. The van der Waals surface area contributed by atoms with Crippen LogP contribution in [0.25, 0.3) is 11.0 Å². The Bertz CT molecular complexity index is 473. The number of para-hydroxylation sites is 1. The summed E-state index contributed by atoms with van der Waals surface area (Å²) in [7, 11) is 0. The van der Waals surface area contributed by atoms with Crippen molar-refractivity contribution in [1.29, 1.82) is 0 Å². The first-order valence-corrected chi connectivity index (χ1v) is 3.88. The first-order valence-electron chi connectivity index (χ1n) is 3.50. The molecule has 2 aromatic rings. The maximum absolute atomic E-state index is 11.2. The highest BCUT2D eigenvalue weighted by Crippen LogP contribution is 2.18. The second-order valence-electron chi connectivity index (χ2n) is 2.45. The zero-order valence-corrected chi connectivity index (χ0v) is 7.19. The lowest BCUT2D eigenvalue weighted by Gasteiger charge is -1.99. The van der Waals surface area contributed by atoms with Crippen molar-refractivity contribution in [3.8, 4) is 0 Å². The van der Waals surface area contributed by atoms with E-state index in [0.29, 0.717) is 20.9 Å². The minimum atomic E-state index is -0.0874. The van der Waals surface area contributed by atoms with Gasteiger partial charge >= 0.3 is 0 Å². The summed E-state index contributed by atoms with van der Waals surface area (Å²) in [4.78, 5) is 4.26. The smallest absolute Gasteiger partial charge is 0.288 e. The third kappa shape index (κ3) is 1.23. The molecule has 0 atom stereocenters. The molecule has 1 heterocycles. The Morgan fingerprint density at radius 3 is 3.00 bits per heavy atom. The molecule has 1 aromatic heterocycles. The molecule has 6 heteroatoms. The summed E-state index contributed by atoms with van der Waals surface area (Å²) >= 11 is 5.80. The van der Waals surface area contributed by atoms with Crippen LogP contribution in [0.1, 0.15) is 0 Å². The van der Waals surface area contributed by atoms with E-state index >= 15 is 0 Å². The SMILES string of the molecule is Nc1nc2c(Cl)cccc2[n+]([O-])n1. The van der Waals surface area contributed by atoms with Crippen molar-refractivity contribution in [3.05, 3.63) is 28.4 Å². The van der Waals surface area contributed by atoms with Crippen molar-refractivity contribution in [2.24, 2.45) is 0 Å². The zero-order valence-electron chi connectivity index (χ0n) is 6.44. The predicted octanol–water partition coefficient (Wildman–Crippen LogP) is 0.499. The fraction of sp³-hybridized carbons (Fsp3) is 0. The number of halogens is 1. The average Bonchev–Trinajstić information content (AvgIpc) is 2.07. The van der Waals surface area contributed by atoms with Crippen LogP contribution in [-0.4, -0.2) is 10.1 Å². The molecule has 0 aliphatic rings. The van der Waals surface area contributed by atoms with E-state index in [1.165, 1.54) is 0 Å². The van der Waals surface area contributed by atoms with E-state index in [1.54, 1.807) is 18.2 Å².